The Bertz CT molecular complexity index is 738. The summed E-state index contributed by atoms with van der Waals surface area (Å²) >= 11 is 1.62. The van der Waals surface area contributed by atoms with E-state index in [-0.39, 0.29) is 5.91 Å². The van der Waals surface area contributed by atoms with Gasteiger partial charge in [-0.05, 0) is 43.9 Å². The molecular weight excluding hydrogens is 340 g/mol. The summed E-state index contributed by atoms with van der Waals surface area (Å²) in [4.78, 5) is 15.9. The first-order chi connectivity index (χ1) is 12.6. The van der Waals surface area contributed by atoms with E-state index in [1.165, 1.54) is 21.6 Å². The minimum absolute atomic E-state index is 0.149. The fourth-order valence-electron chi connectivity index (χ4n) is 3.44. The van der Waals surface area contributed by atoms with Gasteiger partial charge in [-0.15, -0.1) is 11.8 Å². The number of thioether (sulfide) groups is 1. The van der Waals surface area contributed by atoms with Crippen molar-refractivity contribution in [2.24, 2.45) is 0 Å². The number of rotatable bonds is 6. The van der Waals surface area contributed by atoms with Crippen molar-refractivity contribution in [3.05, 3.63) is 65.2 Å². The number of aryl methyl sites for hydroxylation is 2. The molecule has 0 aromatic heterocycles. The Hall–Kier alpha value is -1.78. The first-order valence-corrected chi connectivity index (χ1v) is 10.3. The summed E-state index contributed by atoms with van der Waals surface area (Å²) in [7, 11) is 0. The normalized spacial score (nSPS) is 15.8. The number of likely N-dealkylation sites (tertiary alicyclic amines) is 1. The van der Waals surface area contributed by atoms with Gasteiger partial charge < -0.3 is 5.32 Å². The van der Waals surface area contributed by atoms with Crippen molar-refractivity contribution < 1.29 is 4.79 Å². The molecule has 138 valence electrons. The van der Waals surface area contributed by atoms with Gasteiger partial charge in [-0.25, -0.2) is 0 Å². The molecular formula is C22H28N2OS. The van der Waals surface area contributed by atoms with Gasteiger partial charge in [-0.1, -0.05) is 48.0 Å². The van der Waals surface area contributed by atoms with Gasteiger partial charge in [0.25, 0.3) is 0 Å². The molecule has 0 aliphatic carbocycles. The second-order valence-electron chi connectivity index (χ2n) is 7.16. The predicted octanol–water partition coefficient (Wildman–Crippen LogP) is 4.18. The van der Waals surface area contributed by atoms with E-state index in [0.29, 0.717) is 11.8 Å². The van der Waals surface area contributed by atoms with Crippen LogP contribution < -0.4 is 5.32 Å². The Kier molecular flexibility index (Phi) is 6.75. The highest BCUT2D eigenvalue weighted by Gasteiger charge is 2.20. The number of nitrogens with zero attached hydrogens (tertiary/aromatic N) is 1. The zero-order chi connectivity index (χ0) is 18.4. The molecule has 0 saturated carbocycles. The number of piperidine rings is 1. The number of nitrogens with one attached hydrogen (secondary N) is 1. The van der Waals surface area contributed by atoms with E-state index in [2.05, 4.69) is 60.5 Å². The van der Waals surface area contributed by atoms with E-state index >= 15 is 0 Å². The molecule has 1 heterocycles. The van der Waals surface area contributed by atoms with Gasteiger partial charge in [0.1, 0.15) is 0 Å². The van der Waals surface area contributed by atoms with Gasteiger partial charge in [0, 0.05) is 30.6 Å². The first-order valence-electron chi connectivity index (χ1n) is 9.36. The van der Waals surface area contributed by atoms with E-state index in [0.717, 1.165) is 32.5 Å². The molecule has 0 atom stereocenters. The molecule has 3 nitrogen and oxygen atoms in total. The first kappa shape index (κ1) is 19.0. The van der Waals surface area contributed by atoms with Crippen LogP contribution in [0.5, 0.6) is 0 Å². The van der Waals surface area contributed by atoms with Gasteiger partial charge in [0.05, 0.1) is 5.75 Å². The molecule has 1 saturated heterocycles. The van der Waals surface area contributed by atoms with Crippen LogP contribution in [0.25, 0.3) is 0 Å². The third kappa shape index (κ3) is 5.61. The predicted molar refractivity (Wildman–Crippen MR) is 110 cm³/mol. The zero-order valence-corrected chi connectivity index (χ0v) is 16.5. The lowest BCUT2D eigenvalue weighted by Gasteiger charge is -2.32. The molecule has 1 aliphatic rings. The quantitative estimate of drug-likeness (QED) is 0.777. The number of amides is 1. The number of benzene rings is 2. The van der Waals surface area contributed by atoms with E-state index in [1.807, 2.05) is 12.1 Å². The second kappa shape index (κ2) is 9.24. The summed E-state index contributed by atoms with van der Waals surface area (Å²) in [6.45, 7) is 7.32. The van der Waals surface area contributed by atoms with Crippen molar-refractivity contribution in [2.75, 3.05) is 18.8 Å². The summed E-state index contributed by atoms with van der Waals surface area (Å²) in [6, 6.07) is 17.3. The Morgan fingerprint density at radius 1 is 1.12 bits per heavy atom. The van der Waals surface area contributed by atoms with Crippen LogP contribution in [0.15, 0.2) is 53.4 Å². The summed E-state index contributed by atoms with van der Waals surface area (Å²) in [5.74, 6) is 0.643. The zero-order valence-electron chi connectivity index (χ0n) is 15.7. The summed E-state index contributed by atoms with van der Waals surface area (Å²) in [5.41, 5.74) is 3.92. The van der Waals surface area contributed by atoms with Crippen molar-refractivity contribution in [2.45, 2.75) is 44.2 Å². The molecule has 1 N–H and O–H groups in total. The van der Waals surface area contributed by atoms with Crippen molar-refractivity contribution >= 4 is 17.7 Å². The molecule has 0 bridgehead atoms. The van der Waals surface area contributed by atoms with Crippen LogP contribution >= 0.6 is 11.8 Å². The average molecular weight is 369 g/mol. The van der Waals surface area contributed by atoms with Crippen molar-refractivity contribution in [1.29, 1.82) is 0 Å². The number of carbonyl (C=O) groups excluding carboxylic acids is 1. The minimum atomic E-state index is 0.149. The second-order valence-corrected chi connectivity index (χ2v) is 8.18. The van der Waals surface area contributed by atoms with Gasteiger partial charge in [0.15, 0.2) is 0 Å². The van der Waals surface area contributed by atoms with E-state index in [9.17, 15) is 4.79 Å². The third-order valence-electron chi connectivity index (χ3n) is 4.89. The van der Waals surface area contributed by atoms with Crippen LogP contribution in [-0.2, 0) is 11.3 Å². The van der Waals surface area contributed by atoms with Gasteiger partial charge in [0.2, 0.25) is 5.91 Å². The molecule has 2 aromatic rings. The molecule has 1 aliphatic heterocycles. The maximum atomic E-state index is 12.3. The fraction of sp³-hybridized carbons (Fsp3) is 0.409. The smallest absolute Gasteiger partial charge is 0.230 e. The standard InChI is InChI=1S/C22H28N2OS/c1-17-6-5-8-19(14-17)15-24-12-10-20(11-13-24)23-22(25)16-26-21-9-4-3-7-18(21)2/h3-9,14,20H,10-13,15-16H2,1-2H3,(H,23,25). The molecule has 0 spiro atoms. The van der Waals surface area contributed by atoms with Crippen LogP contribution in [0.3, 0.4) is 0 Å². The Labute approximate surface area is 161 Å². The van der Waals surface area contributed by atoms with Crippen LogP contribution in [0, 0.1) is 13.8 Å². The van der Waals surface area contributed by atoms with Crippen LogP contribution in [0.1, 0.15) is 29.5 Å². The molecule has 3 rings (SSSR count). The van der Waals surface area contributed by atoms with Crippen LogP contribution in [-0.4, -0.2) is 35.7 Å². The highest BCUT2D eigenvalue weighted by atomic mass is 32.2. The fourth-order valence-corrected chi connectivity index (χ4v) is 4.28. The molecule has 1 fully saturated rings. The molecule has 1 amide bonds. The van der Waals surface area contributed by atoms with Crippen LogP contribution in [0.2, 0.25) is 0 Å². The van der Waals surface area contributed by atoms with Gasteiger partial charge >= 0.3 is 0 Å². The third-order valence-corrected chi connectivity index (χ3v) is 6.07. The lowest BCUT2D eigenvalue weighted by Crippen LogP contribution is -2.44. The lowest BCUT2D eigenvalue weighted by molar-refractivity contribution is -0.119. The minimum Gasteiger partial charge on any atom is -0.353 e. The Balaban J connectivity index is 1.39. The molecule has 26 heavy (non-hydrogen) atoms. The Morgan fingerprint density at radius 2 is 1.88 bits per heavy atom. The summed E-state index contributed by atoms with van der Waals surface area (Å²) in [5, 5.41) is 3.22. The molecule has 4 heteroatoms. The number of hydrogen-bond acceptors (Lipinski definition) is 3. The number of hydrogen-bond donors (Lipinski definition) is 1. The van der Waals surface area contributed by atoms with Crippen LogP contribution in [0.4, 0.5) is 0 Å². The van der Waals surface area contributed by atoms with Crippen molar-refractivity contribution in [3.8, 4) is 0 Å². The molecule has 2 aromatic carbocycles. The molecule has 0 unspecified atom stereocenters. The van der Waals surface area contributed by atoms with Crippen molar-refractivity contribution in [3.63, 3.8) is 0 Å². The summed E-state index contributed by atoms with van der Waals surface area (Å²) < 4.78 is 0. The highest BCUT2D eigenvalue weighted by molar-refractivity contribution is 8.00. The largest absolute Gasteiger partial charge is 0.353 e. The van der Waals surface area contributed by atoms with Gasteiger partial charge in [-0.2, -0.15) is 0 Å². The monoisotopic (exact) mass is 368 g/mol. The Morgan fingerprint density at radius 3 is 2.62 bits per heavy atom. The average Bonchev–Trinajstić information content (AvgIpc) is 2.63. The maximum absolute atomic E-state index is 12.3. The highest BCUT2D eigenvalue weighted by Crippen LogP contribution is 2.21. The van der Waals surface area contributed by atoms with Gasteiger partial charge in [-0.3, -0.25) is 9.69 Å². The lowest BCUT2D eigenvalue weighted by atomic mass is 10.0. The van der Waals surface area contributed by atoms with Crippen molar-refractivity contribution in [1.82, 2.24) is 10.2 Å². The maximum Gasteiger partial charge on any atom is 0.230 e. The SMILES string of the molecule is Cc1cccc(CN2CCC(NC(=O)CSc3ccccc3C)CC2)c1. The van der Waals surface area contributed by atoms with E-state index < -0.39 is 0 Å². The molecule has 0 radical (unpaired) electrons. The van der Waals surface area contributed by atoms with E-state index in [4.69, 9.17) is 0 Å². The summed E-state index contributed by atoms with van der Waals surface area (Å²) in [6.07, 6.45) is 2.07. The topological polar surface area (TPSA) is 32.3 Å². The van der Waals surface area contributed by atoms with E-state index in [1.54, 1.807) is 11.8 Å². The number of carbonyl (C=O) groups is 1.